The van der Waals surface area contributed by atoms with E-state index in [0.29, 0.717) is 5.91 Å². The van der Waals surface area contributed by atoms with Gasteiger partial charge in [-0.3, -0.25) is 4.79 Å². The maximum absolute atomic E-state index is 12.2. The van der Waals surface area contributed by atoms with Crippen LogP contribution < -0.4 is 5.32 Å². The van der Waals surface area contributed by atoms with Gasteiger partial charge in [-0.05, 0) is 37.6 Å². The highest BCUT2D eigenvalue weighted by Crippen LogP contribution is 2.31. The Morgan fingerprint density at radius 3 is 2.71 bits per heavy atom. The summed E-state index contributed by atoms with van der Waals surface area (Å²) in [5, 5.41) is 3.28. The molecular formula is C13H24N2O2. The predicted molar refractivity (Wildman–Crippen MR) is 66.8 cm³/mol. The van der Waals surface area contributed by atoms with Gasteiger partial charge in [-0.15, -0.1) is 0 Å². The molecule has 1 unspecified atom stereocenters. The number of carbonyl (C=O) groups is 1. The van der Waals surface area contributed by atoms with Crippen molar-refractivity contribution in [2.24, 2.45) is 5.41 Å². The van der Waals surface area contributed by atoms with Crippen molar-refractivity contribution in [3.63, 3.8) is 0 Å². The molecule has 2 heterocycles. The molecule has 98 valence electrons. The smallest absolute Gasteiger partial charge is 0.239 e. The van der Waals surface area contributed by atoms with Gasteiger partial charge < -0.3 is 15.0 Å². The Labute approximate surface area is 104 Å². The van der Waals surface area contributed by atoms with Crippen LogP contribution in [0.4, 0.5) is 0 Å². The minimum Gasteiger partial charge on any atom is -0.384 e. The average Bonchev–Trinajstić information content (AvgIpc) is 2.82. The lowest BCUT2D eigenvalue weighted by Crippen LogP contribution is -2.49. The van der Waals surface area contributed by atoms with Gasteiger partial charge in [-0.2, -0.15) is 0 Å². The SMILES string of the molecule is COCC1(C)CCN(C(=O)C2CCCN2)CC1. The molecule has 2 fully saturated rings. The van der Waals surface area contributed by atoms with Crippen molar-refractivity contribution in [2.45, 2.75) is 38.6 Å². The Kier molecular flexibility index (Phi) is 4.05. The van der Waals surface area contributed by atoms with Crippen LogP contribution in [0.3, 0.4) is 0 Å². The van der Waals surface area contributed by atoms with Crippen LogP contribution >= 0.6 is 0 Å². The largest absolute Gasteiger partial charge is 0.384 e. The number of ether oxygens (including phenoxy) is 1. The van der Waals surface area contributed by atoms with Crippen molar-refractivity contribution in [1.82, 2.24) is 10.2 Å². The highest BCUT2D eigenvalue weighted by Gasteiger charge is 2.34. The Bertz CT molecular complexity index is 267. The Hall–Kier alpha value is -0.610. The first-order valence-corrected chi connectivity index (χ1v) is 6.66. The fraction of sp³-hybridized carbons (Fsp3) is 0.923. The zero-order valence-electron chi connectivity index (χ0n) is 11.0. The average molecular weight is 240 g/mol. The topological polar surface area (TPSA) is 41.6 Å². The molecule has 0 radical (unpaired) electrons. The van der Waals surface area contributed by atoms with Gasteiger partial charge in [0.15, 0.2) is 0 Å². The lowest BCUT2D eigenvalue weighted by Gasteiger charge is -2.39. The van der Waals surface area contributed by atoms with Crippen LogP contribution in [-0.2, 0) is 9.53 Å². The molecular weight excluding hydrogens is 216 g/mol. The molecule has 17 heavy (non-hydrogen) atoms. The minimum atomic E-state index is 0.0850. The molecule has 4 heteroatoms. The molecule has 1 atom stereocenters. The summed E-state index contributed by atoms with van der Waals surface area (Å²) in [4.78, 5) is 14.2. The molecule has 2 saturated heterocycles. The highest BCUT2D eigenvalue weighted by atomic mass is 16.5. The second-order valence-corrected chi connectivity index (χ2v) is 5.72. The van der Waals surface area contributed by atoms with E-state index in [9.17, 15) is 4.79 Å². The summed E-state index contributed by atoms with van der Waals surface area (Å²) >= 11 is 0. The van der Waals surface area contributed by atoms with Crippen LogP contribution in [0.1, 0.15) is 32.6 Å². The zero-order valence-corrected chi connectivity index (χ0v) is 11.0. The van der Waals surface area contributed by atoms with Crippen LogP contribution in [0.5, 0.6) is 0 Å². The van der Waals surface area contributed by atoms with E-state index in [-0.39, 0.29) is 11.5 Å². The normalized spacial score (nSPS) is 28.4. The number of amides is 1. The number of piperidine rings is 1. The molecule has 0 aliphatic carbocycles. The number of hydrogen-bond acceptors (Lipinski definition) is 3. The number of nitrogens with one attached hydrogen (secondary N) is 1. The van der Waals surface area contributed by atoms with E-state index in [1.165, 1.54) is 0 Å². The third-order valence-electron chi connectivity index (χ3n) is 4.13. The van der Waals surface area contributed by atoms with Gasteiger partial charge in [0.05, 0.1) is 12.6 Å². The molecule has 2 aliphatic heterocycles. The van der Waals surface area contributed by atoms with Gasteiger partial charge in [0.1, 0.15) is 0 Å². The Morgan fingerprint density at radius 1 is 1.47 bits per heavy atom. The summed E-state index contributed by atoms with van der Waals surface area (Å²) in [6.07, 6.45) is 4.24. The van der Waals surface area contributed by atoms with Crippen LogP contribution in [0, 0.1) is 5.41 Å². The fourth-order valence-corrected chi connectivity index (χ4v) is 2.88. The zero-order chi connectivity index (χ0) is 12.3. The molecule has 1 N–H and O–H groups in total. The van der Waals surface area contributed by atoms with Gasteiger partial charge in [-0.1, -0.05) is 6.92 Å². The van der Waals surface area contributed by atoms with Crippen molar-refractivity contribution in [1.29, 1.82) is 0 Å². The third-order valence-corrected chi connectivity index (χ3v) is 4.13. The Balaban J connectivity index is 1.83. The summed E-state index contributed by atoms with van der Waals surface area (Å²) in [7, 11) is 1.76. The van der Waals surface area contributed by atoms with E-state index in [4.69, 9.17) is 4.74 Å². The van der Waals surface area contributed by atoms with E-state index < -0.39 is 0 Å². The fourth-order valence-electron chi connectivity index (χ4n) is 2.88. The van der Waals surface area contributed by atoms with Gasteiger partial charge in [0.25, 0.3) is 0 Å². The van der Waals surface area contributed by atoms with E-state index in [2.05, 4.69) is 12.2 Å². The standard InChI is InChI=1S/C13H24N2O2/c1-13(10-17-2)5-8-15(9-6-13)12(16)11-4-3-7-14-11/h11,14H,3-10H2,1-2H3. The van der Waals surface area contributed by atoms with Crippen molar-refractivity contribution >= 4 is 5.91 Å². The number of methoxy groups -OCH3 is 1. The second-order valence-electron chi connectivity index (χ2n) is 5.72. The van der Waals surface area contributed by atoms with Gasteiger partial charge >= 0.3 is 0 Å². The number of hydrogen-bond donors (Lipinski definition) is 1. The van der Waals surface area contributed by atoms with Gasteiger partial charge in [0, 0.05) is 20.2 Å². The third kappa shape index (κ3) is 2.99. The summed E-state index contributed by atoms with van der Waals surface area (Å²) in [6, 6.07) is 0.0850. The van der Waals surface area contributed by atoms with Crippen molar-refractivity contribution in [2.75, 3.05) is 33.4 Å². The number of likely N-dealkylation sites (tertiary alicyclic amines) is 1. The monoisotopic (exact) mass is 240 g/mol. The molecule has 0 saturated carbocycles. The van der Waals surface area contributed by atoms with E-state index >= 15 is 0 Å². The summed E-state index contributed by atoms with van der Waals surface area (Å²) in [5.74, 6) is 0.307. The van der Waals surface area contributed by atoms with Crippen molar-refractivity contribution in [3.8, 4) is 0 Å². The molecule has 0 aromatic heterocycles. The molecule has 0 bridgehead atoms. The van der Waals surface area contributed by atoms with Crippen LogP contribution in [-0.4, -0.2) is 50.2 Å². The van der Waals surface area contributed by atoms with Crippen molar-refractivity contribution in [3.05, 3.63) is 0 Å². The minimum absolute atomic E-state index is 0.0850. The molecule has 0 aromatic carbocycles. The molecule has 0 spiro atoms. The molecule has 2 aliphatic rings. The van der Waals surface area contributed by atoms with E-state index in [0.717, 1.165) is 51.9 Å². The lowest BCUT2D eigenvalue weighted by atomic mass is 9.81. The van der Waals surface area contributed by atoms with Crippen molar-refractivity contribution < 1.29 is 9.53 Å². The maximum Gasteiger partial charge on any atom is 0.239 e. The van der Waals surface area contributed by atoms with E-state index in [1.807, 2.05) is 4.90 Å². The maximum atomic E-state index is 12.2. The molecule has 2 rings (SSSR count). The second kappa shape index (κ2) is 5.36. The molecule has 1 amide bonds. The highest BCUT2D eigenvalue weighted by molar-refractivity contribution is 5.82. The number of carbonyl (C=O) groups excluding carboxylic acids is 1. The predicted octanol–water partition coefficient (Wildman–Crippen LogP) is 1.01. The van der Waals surface area contributed by atoms with Crippen LogP contribution in [0.25, 0.3) is 0 Å². The molecule has 4 nitrogen and oxygen atoms in total. The van der Waals surface area contributed by atoms with Gasteiger partial charge in [-0.25, -0.2) is 0 Å². The van der Waals surface area contributed by atoms with E-state index in [1.54, 1.807) is 7.11 Å². The number of nitrogens with zero attached hydrogens (tertiary/aromatic N) is 1. The van der Waals surface area contributed by atoms with Crippen LogP contribution in [0.15, 0.2) is 0 Å². The first-order valence-electron chi connectivity index (χ1n) is 6.66. The quantitative estimate of drug-likeness (QED) is 0.800. The number of rotatable bonds is 3. The van der Waals surface area contributed by atoms with Crippen LogP contribution in [0.2, 0.25) is 0 Å². The first kappa shape index (κ1) is 12.8. The summed E-state index contributed by atoms with van der Waals surface area (Å²) in [6.45, 7) is 5.82. The first-order chi connectivity index (χ1) is 8.14. The Morgan fingerprint density at radius 2 is 2.18 bits per heavy atom. The molecule has 0 aromatic rings. The summed E-state index contributed by atoms with van der Waals surface area (Å²) in [5.41, 5.74) is 0.259. The van der Waals surface area contributed by atoms with Gasteiger partial charge in [0.2, 0.25) is 5.91 Å². The summed E-state index contributed by atoms with van der Waals surface area (Å²) < 4.78 is 5.26. The lowest BCUT2D eigenvalue weighted by molar-refractivity contribution is -0.135.